The number of esters is 1. The molecular weight excluding hydrogens is 232 g/mol. The van der Waals surface area contributed by atoms with Crippen LogP contribution >= 0.6 is 0 Å². The molecule has 0 saturated heterocycles. The number of aromatic nitrogens is 2. The van der Waals surface area contributed by atoms with Gasteiger partial charge in [0.2, 0.25) is 5.89 Å². The second-order valence-corrected chi connectivity index (χ2v) is 4.13. The normalized spacial score (nSPS) is 16.8. The molecule has 0 amide bonds. The van der Waals surface area contributed by atoms with E-state index in [1.807, 2.05) is 18.2 Å². The summed E-state index contributed by atoms with van der Waals surface area (Å²) in [5, 5.41) is 3.65. The highest BCUT2D eigenvalue weighted by Crippen LogP contribution is 2.38. The largest absolute Gasteiger partial charge is 0.460 e. The van der Waals surface area contributed by atoms with Gasteiger partial charge in [0.25, 0.3) is 5.82 Å². The molecule has 0 aliphatic heterocycles. The third kappa shape index (κ3) is 1.68. The number of nitrogens with zero attached hydrogens (tertiary/aromatic N) is 2. The molecule has 18 heavy (non-hydrogen) atoms. The van der Waals surface area contributed by atoms with E-state index in [0.29, 0.717) is 12.5 Å². The molecule has 2 aromatic rings. The van der Waals surface area contributed by atoms with Gasteiger partial charge in [0, 0.05) is 0 Å². The third-order valence-electron chi connectivity index (χ3n) is 3.05. The molecule has 0 N–H and O–H groups in total. The van der Waals surface area contributed by atoms with E-state index in [1.165, 1.54) is 11.1 Å². The molecule has 0 spiro atoms. The van der Waals surface area contributed by atoms with Gasteiger partial charge < -0.3 is 9.26 Å². The van der Waals surface area contributed by atoms with Crippen molar-refractivity contribution < 1.29 is 14.1 Å². The summed E-state index contributed by atoms with van der Waals surface area (Å²) in [6.07, 6.45) is 0.876. The Bertz CT molecular complexity index is 591. The van der Waals surface area contributed by atoms with Crippen molar-refractivity contribution in [2.24, 2.45) is 0 Å². The molecule has 0 bridgehead atoms. The van der Waals surface area contributed by atoms with Gasteiger partial charge in [-0.2, -0.15) is 4.98 Å². The van der Waals surface area contributed by atoms with E-state index in [2.05, 4.69) is 16.2 Å². The lowest BCUT2D eigenvalue weighted by atomic mass is 9.77. The number of carbonyl (C=O) groups excluding carboxylic acids is 1. The Morgan fingerprint density at radius 2 is 2.33 bits per heavy atom. The summed E-state index contributed by atoms with van der Waals surface area (Å²) in [6.45, 7) is 2.04. The zero-order valence-corrected chi connectivity index (χ0v) is 9.92. The fraction of sp³-hybridized carbons (Fsp3) is 0.308. The first kappa shape index (κ1) is 11.0. The average Bonchev–Trinajstić information content (AvgIpc) is 2.80. The van der Waals surface area contributed by atoms with Gasteiger partial charge in [-0.3, -0.25) is 0 Å². The molecule has 92 valence electrons. The van der Waals surface area contributed by atoms with Crippen LogP contribution in [0.15, 0.2) is 28.8 Å². The number of carbonyl (C=O) groups is 1. The first-order valence-electron chi connectivity index (χ1n) is 5.88. The van der Waals surface area contributed by atoms with Crippen molar-refractivity contribution in [2.45, 2.75) is 19.3 Å². The Hall–Kier alpha value is -2.17. The standard InChI is InChI=1S/C13H12N2O3/c1-2-17-13(16)11-14-12(18-15-11)10-7-8-5-3-4-6-9(8)10/h3-6,10H,2,7H2,1H3. The number of fused-ring (bicyclic) bond motifs is 1. The molecule has 5 nitrogen and oxygen atoms in total. The molecule has 1 aliphatic carbocycles. The van der Waals surface area contributed by atoms with E-state index in [1.54, 1.807) is 6.92 Å². The van der Waals surface area contributed by atoms with E-state index < -0.39 is 5.97 Å². The Morgan fingerprint density at radius 1 is 1.50 bits per heavy atom. The zero-order chi connectivity index (χ0) is 12.5. The number of ether oxygens (including phenoxy) is 1. The van der Waals surface area contributed by atoms with Crippen LogP contribution in [0.2, 0.25) is 0 Å². The van der Waals surface area contributed by atoms with Crippen LogP contribution in [-0.2, 0) is 11.2 Å². The van der Waals surface area contributed by atoms with E-state index in [9.17, 15) is 4.79 Å². The van der Waals surface area contributed by atoms with Crippen LogP contribution in [0.5, 0.6) is 0 Å². The van der Waals surface area contributed by atoms with Crippen LogP contribution in [0, 0.1) is 0 Å². The second-order valence-electron chi connectivity index (χ2n) is 4.13. The Labute approximate surface area is 104 Å². The Morgan fingerprint density at radius 3 is 3.11 bits per heavy atom. The molecule has 1 unspecified atom stereocenters. The summed E-state index contributed by atoms with van der Waals surface area (Å²) >= 11 is 0. The van der Waals surface area contributed by atoms with Gasteiger partial charge in [0.1, 0.15) is 0 Å². The highest BCUT2D eigenvalue weighted by Gasteiger charge is 2.32. The van der Waals surface area contributed by atoms with Crippen molar-refractivity contribution in [3.05, 3.63) is 47.1 Å². The van der Waals surface area contributed by atoms with Crippen molar-refractivity contribution in [3.8, 4) is 0 Å². The molecule has 1 atom stereocenters. The number of hydrogen-bond donors (Lipinski definition) is 0. The quantitative estimate of drug-likeness (QED) is 0.772. The number of benzene rings is 1. The maximum absolute atomic E-state index is 11.4. The smallest absolute Gasteiger partial charge is 0.379 e. The molecule has 1 aromatic heterocycles. The molecule has 5 heteroatoms. The van der Waals surface area contributed by atoms with Gasteiger partial charge in [-0.15, -0.1) is 0 Å². The van der Waals surface area contributed by atoms with E-state index in [-0.39, 0.29) is 11.7 Å². The maximum atomic E-state index is 11.4. The molecule has 3 rings (SSSR count). The highest BCUT2D eigenvalue weighted by atomic mass is 16.5. The second kappa shape index (κ2) is 4.25. The molecule has 1 heterocycles. The summed E-state index contributed by atoms with van der Waals surface area (Å²) in [4.78, 5) is 15.5. The molecule has 1 aromatic carbocycles. The maximum Gasteiger partial charge on any atom is 0.379 e. The van der Waals surface area contributed by atoms with E-state index in [4.69, 9.17) is 9.26 Å². The molecule has 1 aliphatic rings. The van der Waals surface area contributed by atoms with Crippen LogP contribution in [0.3, 0.4) is 0 Å². The first-order chi connectivity index (χ1) is 8.79. The highest BCUT2D eigenvalue weighted by molar-refractivity contribution is 5.84. The van der Waals surface area contributed by atoms with Crippen molar-refractivity contribution in [2.75, 3.05) is 6.61 Å². The molecule has 0 fully saturated rings. The topological polar surface area (TPSA) is 65.2 Å². The third-order valence-corrected chi connectivity index (χ3v) is 3.05. The summed E-state index contributed by atoms with van der Waals surface area (Å²) in [7, 11) is 0. The summed E-state index contributed by atoms with van der Waals surface area (Å²) < 4.78 is 9.95. The van der Waals surface area contributed by atoms with Crippen molar-refractivity contribution in [3.63, 3.8) is 0 Å². The molecular formula is C13H12N2O3. The average molecular weight is 244 g/mol. The first-order valence-corrected chi connectivity index (χ1v) is 5.88. The van der Waals surface area contributed by atoms with Gasteiger partial charge in [-0.25, -0.2) is 4.79 Å². The Kier molecular flexibility index (Phi) is 2.59. The Balaban J connectivity index is 1.82. The van der Waals surface area contributed by atoms with E-state index in [0.717, 1.165) is 6.42 Å². The van der Waals surface area contributed by atoms with Crippen LogP contribution in [0.4, 0.5) is 0 Å². The monoisotopic (exact) mass is 244 g/mol. The summed E-state index contributed by atoms with van der Waals surface area (Å²) in [6, 6.07) is 8.10. The lowest BCUT2D eigenvalue weighted by Crippen LogP contribution is -2.18. The van der Waals surface area contributed by atoms with Crippen LogP contribution < -0.4 is 0 Å². The van der Waals surface area contributed by atoms with Crippen LogP contribution in [0.25, 0.3) is 0 Å². The predicted octanol–water partition coefficient (Wildman–Crippen LogP) is 1.93. The van der Waals surface area contributed by atoms with Gasteiger partial charge in [0.15, 0.2) is 0 Å². The van der Waals surface area contributed by atoms with Gasteiger partial charge in [-0.1, -0.05) is 24.3 Å². The van der Waals surface area contributed by atoms with E-state index >= 15 is 0 Å². The van der Waals surface area contributed by atoms with Crippen molar-refractivity contribution >= 4 is 5.97 Å². The summed E-state index contributed by atoms with van der Waals surface area (Å²) in [5.74, 6) is 0.0463. The summed E-state index contributed by atoms with van der Waals surface area (Å²) in [5.41, 5.74) is 2.48. The van der Waals surface area contributed by atoms with Gasteiger partial charge in [-0.05, 0) is 29.6 Å². The fourth-order valence-electron chi connectivity index (χ4n) is 2.13. The fourth-order valence-corrected chi connectivity index (χ4v) is 2.13. The minimum atomic E-state index is -0.542. The SMILES string of the molecule is CCOC(=O)c1noc(C2Cc3ccccc32)n1. The number of hydrogen-bond acceptors (Lipinski definition) is 5. The van der Waals surface area contributed by atoms with Crippen molar-refractivity contribution in [1.29, 1.82) is 0 Å². The van der Waals surface area contributed by atoms with Gasteiger partial charge in [0.05, 0.1) is 12.5 Å². The molecule has 0 saturated carbocycles. The zero-order valence-electron chi connectivity index (χ0n) is 9.92. The lowest BCUT2D eigenvalue weighted by Gasteiger charge is -2.26. The predicted molar refractivity (Wildman–Crippen MR) is 62.2 cm³/mol. The van der Waals surface area contributed by atoms with Crippen LogP contribution in [0.1, 0.15) is 40.5 Å². The minimum Gasteiger partial charge on any atom is -0.460 e. The van der Waals surface area contributed by atoms with Gasteiger partial charge >= 0.3 is 5.97 Å². The number of rotatable bonds is 3. The molecule has 0 radical (unpaired) electrons. The van der Waals surface area contributed by atoms with Crippen molar-refractivity contribution in [1.82, 2.24) is 10.1 Å². The minimum absolute atomic E-state index is 0.00349. The van der Waals surface area contributed by atoms with Crippen LogP contribution in [-0.4, -0.2) is 22.7 Å². The lowest BCUT2D eigenvalue weighted by molar-refractivity contribution is 0.0508.